The summed E-state index contributed by atoms with van der Waals surface area (Å²) >= 11 is 0. The Morgan fingerprint density at radius 2 is 1.72 bits per heavy atom. The first-order chi connectivity index (χ1) is 11.7. The summed E-state index contributed by atoms with van der Waals surface area (Å²) in [5.74, 6) is -0.0107. The van der Waals surface area contributed by atoms with E-state index < -0.39 is 0 Å². The molecular weight excluding hydrogens is 318 g/mol. The zero-order valence-electron chi connectivity index (χ0n) is 15.2. The van der Waals surface area contributed by atoms with Crippen molar-refractivity contribution >= 4 is 23.0 Å². The molecular formula is C18H25N5O2. The van der Waals surface area contributed by atoms with Crippen LogP contribution < -0.4 is 5.32 Å². The molecule has 1 aliphatic rings. The number of nitrogens with one attached hydrogen (secondary N) is 1. The molecule has 134 valence electrons. The number of carbonyl (C=O) groups excluding carboxylic acids is 2. The fourth-order valence-electron chi connectivity index (χ4n) is 2.96. The van der Waals surface area contributed by atoms with E-state index in [0.717, 1.165) is 11.0 Å². The third-order valence-electron chi connectivity index (χ3n) is 4.31. The van der Waals surface area contributed by atoms with Crippen molar-refractivity contribution < 1.29 is 9.59 Å². The maximum atomic E-state index is 12.7. The summed E-state index contributed by atoms with van der Waals surface area (Å²) in [6, 6.07) is 5.51. The minimum absolute atomic E-state index is 0.0107. The van der Waals surface area contributed by atoms with Gasteiger partial charge in [-0.15, -0.1) is 0 Å². The van der Waals surface area contributed by atoms with Crippen LogP contribution in [-0.2, 0) is 7.05 Å². The molecule has 0 radical (unpaired) electrons. The van der Waals surface area contributed by atoms with E-state index >= 15 is 0 Å². The van der Waals surface area contributed by atoms with Gasteiger partial charge in [-0.3, -0.25) is 4.79 Å². The molecule has 1 aromatic heterocycles. The Balaban J connectivity index is 1.63. The average molecular weight is 343 g/mol. The first kappa shape index (κ1) is 17.3. The van der Waals surface area contributed by atoms with E-state index in [0.29, 0.717) is 31.7 Å². The molecule has 2 aromatic rings. The molecule has 7 nitrogen and oxygen atoms in total. The molecule has 0 unspecified atom stereocenters. The molecule has 0 atom stereocenters. The number of hydrogen-bond donors (Lipinski definition) is 1. The van der Waals surface area contributed by atoms with Crippen LogP contribution in [0.25, 0.3) is 11.0 Å². The summed E-state index contributed by atoms with van der Waals surface area (Å²) in [4.78, 5) is 32.8. The van der Waals surface area contributed by atoms with Crippen LogP contribution in [0.3, 0.4) is 0 Å². The van der Waals surface area contributed by atoms with Gasteiger partial charge in [0.25, 0.3) is 5.91 Å². The van der Waals surface area contributed by atoms with E-state index in [2.05, 4.69) is 10.3 Å². The highest BCUT2D eigenvalue weighted by molar-refractivity contribution is 5.97. The van der Waals surface area contributed by atoms with Crippen LogP contribution in [0.2, 0.25) is 0 Å². The Hall–Kier alpha value is -2.57. The fourth-order valence-corrected chi connectivity index (χ4v) is 2.96. The molecule has 25 heavy (non-hydrogen) atoms. The SMILES string of the molecule is Cn1cnc2cc(C(=O)N3CCN(C(=O)NC(C)(C)C)CC3)ccc21. The van der Waals surface area contributed by atoms with Crippen molar-refractivity contribution in [2.45, 2.75) is 26.3 Å². The topological polar surface area (TPSA) is 70.5 Å². The number of carbonyl (C=O) groups is 2. The number of nitrogens with zero attached hydrogens (tertiary/aromatic N) is 4. The molecule has 1 fully saturated rings. The summed E-state index contributed by atoms with van der Waals surface area (Å²) in [6.07, 6.45) is 1.74. The van der Waals surface area contributed by atoms with E-state index in [1.54, 1.807) is 16.1 Å². The number of aryl methyl sites for hydroxylation is 1. The molecule has 0 saturated carbocycles. The predicted molar refractivity (Wildman–Crippen MR) is 96.5 cm³/mol. The van der Waals surface area contributed by atoms with Crippen molar-refractivity contribution in [3.05, 3.63) is 30.1 Å². The molecule has 0 spiro atoms. The maximum absolute atomic E-state index is 12.7. The Bertz CT molecular complexity index is 797. The molecule has 0 bridgehead atoms. The molecule has 3 rings (SSSR count). The van der Waals surface area contributed by atoms with Gasteiger partial charge in [-0.05, 0) is 39.0 Å². The molecule has 1 N–H and O–H groups in total. The van der Waals surface area contributed by atoms with Crippen molar-refractivity contribution in [2.75, 3.05) is 26.2 Å². The van der Waals surface area contributed by atoms with Gasteiger partial charge in [0.15, 0.2) is 0 Å². The summed E-state index contributed by atoms with van der Waals surface area (Å²) < 4.78 is 1.93. The van der Waals surface area contributed by atoms with Crippen molar-refractivity contribution in [3.8, 4) is 0 Å². The number of aromatic nitrogens is 2. The maximum Gasteiger partial charge on any atom is 0.317 e. The Labute approximate surface area is 147 Å². The van der Waals surface area contributed by atoms with Crippen molar-refractivity contribution in [2.24, 2.45) is 7.05 Å². The standard InChI is InChI=1S/C18H25N5O2/c1-18(2,3)20-17(25)23-9-7-22(8-10-23)16(24)13-5-6-15-14(11-13)19-12-21(15)4/h5-6,11-12H,7-10H2,1-4H3,(H,20,25). The molecule has 1 aliphatic heterocycles. The van der Waals surface area contributed by atoms with Gasteiger partial charge in [-0.25, -0.2) is 9.78 Å². The Morgan fingerprint density at radius 1 is 1.08 bits per heavy atom. The summed E-state index contributed by atoms with van der Waals surface area (Å²) in [6.45, 7) is 8.03. The van der Waals surface area contributed by atoms with Gasteiger partial charge in [0, 0.05) is 44.3 Å². The molecule has 7 heteroatoms. The Kier molecular flexibility index (Phi) is 4.41. The van der Waals surface area contributed by atoms with Crippen LogP contribution in [0.15, 0.2) is 24.5 Å². The van der Waals surface area contributed by atoms with Crippen LogP contribution in [-0.4, -0.2) is 63.0 Å². The summed E-state index contributed by atoms with van der Waals surface area (Å²) in [7, 11) is 1.93. The number of urea groups is 1. The van der Waals surface area contributed by atoms with E-state index in [4.69, 9.17) is 0 Å². The second-order valence-electron chi connectivity index (χ2n) is 7.52. The van der Waals surface area contributed by atoms with Gasteiger partial charge in [-0.2, -0.15) is 0 Å². The van der Waals surface area contributed by atoms with Crippen molar-refractivity contribution in [3.63, 3.8) is 0 Å². The number of imidazole rings is 1. The second-order valence-corrected chi connectivity index (χ2v) is 7.52. The number of piperazine rings is 1. The highest BCUT2D eigenvalue weighted by Crippen LogP contribution is 2.16. The van der Waals surface area contributed by atoms with Gasteiger partial charge >= 0.3 is 6.03 Å². The lowest BCUT2D eigenvalue weighted by atomic mass is 10.1. The van der Waals surface area contributed by atoms with Gasteiger partial charge < -0.3 is 19.7 Å². The fraction of sp³-hybridized carbons (Fsp3) is 0.500. The number of rotatable bonds is 1. The summed E-state index contributed by atoms with van der Waals surface area (Å²) in [5, 5.41) is 2.96. The van der Waals surface area contributed by atoms with Crippen LogP contribution in [0, 0.1) is 0 Å². The third kappa shape index (κ3) is 3.75. The zero-order valence-corrected chi connectivity index (χ0v) is 15.2. The quantitative estimate of drug-likeness (QED) is 0.859. The molecule has 2 heterocycles. The van der Waals surface area contributed by atoms with E-state index in [-0.39, 0.29) is 17.5 Å². The third-order valence-corrected chi connectivity index (χ3v) is 4.31. The van der Waals surface area contributed by atoms with E-state index in [1.807, 2.05) is 50.6 Å². The number of fused-ring (bicyclic) bond motifs is 1. The summed E-state index contributed by atoms with van der Waals surface area (Å²) in [5.41, 5.74) is 2.19. The predicted octanol–water partition coefficient (Wildman–Crippen LogP) is 1.84. The lowest BCUT2D eigenvalue weighted by molar-refractivity contribution is 0.0661. The monoisotopic (exact) mass is 343 g/mol. The molecule has 1 saturated heterocycles. The number of amides is 3. The van der Waals surface area contributed by atoms with Crippen molar-refractivity contribution in [1.82, 2.24) is 24.7 Å². The van der Waals surface area contributed by atoms with Crippen LogP contribution in [0.5, 0.6) is 0 Å². The molecule has 0 aliphatic carbocycles. The highest BCUT2D eigenvalue weighted by Gasteiger charge is 2.26. The van der Waals surface area contributed by atoms with Gasteiger partial charge in [0.05, 0.1) is 17.4 Å². The second kappa shape index (κ2) is 6.38. The van der Waals surface area contributed by atoms with E-state index in [1.165, 1.54) is 0 Å². The molecule has 1 aromatic carbocycles. The Morgan fingerprint density at radius 3 is 2.36 bits per heavy atom. The van der Waals surface area contributed by atoms with Gasteiger partial charge in [-0.1, -0.05) is 0 Å². The lowest BCUT2D eigenvalue weighted by Gasteiger charge is -2.36. The van der Waals surface area contributed by atoms with Gasteiger partial charge in [0.2, 0.25) is 0 Å². The first-order valence-electron chi connectivity index (χ1n) is 8.52. The smallest absolute Gasteiger partial charge is 0.317 e. The normalized spacial score (nSPS) is 15.5. The minimum atomic E-state index is -0.262. The largest absolute Gasteiger partial charge is 0.335 e. The van der Waals surface area contributed by atoms with Crippen LogP contribution in [0.4, 0.5) is 4.79 Å². The lowest BCUT2D eigenvalue weighted by Crippen LogP contribution is -2.56. The van der Waals surface area contributed by atoms with Gasteiger partial charge in [0.1, 0.15) is 0 Å². The molecule has 3 amide bonds. The van der Waals surface area contributed by atoms with Crippen LogP contribution in [0.1, 0.15) is 31.1 Å². The van der Waals surface area contributed by atoms with Crippen molar-refractivity contribution in [1.29, 1.82) is 0 Å². The first-order valence-corrected chi connectivity index (χ1v) is 8.52. The minimum Gasteiger partial charge on any atom is -0.335 e. The number of benzene rings is 1. The zero-order chi connectivity index (χ0) is 18.2. The highest BCUT2D eigenvalue weighted by atomic mass is 16.2. The van der Waals surface area contributed by atoms with Crippen LogP contribution >= 0.6 is 0 Å². The number of hydrogen-bond acceptors (Lipinski definition) is 3. The van der Waals surface area contributed by atoms with E-state index in [9.17, 15) is 9.59 Å². The average Bonchev–Trinajstić information content (AvgIpc) is 2.93.